The van der Waals surface area contributed by atoms with Gasteiger partial charge >= 0.3 is 0 Å². The Balaban J connectivity index is 1.52. The van der Waals surface area contributed by atoms with Crippen molar-refractivity contribution in [1.29, 1.82) is 0 Å². The predicted octanol–water partition coefficient (Wildman–Crippen LogP) is 1.75. The highest BCUT2D eigenvalue weighted by atomic mass is 16.6. The summed E-state index contributed by atoms with van der Waals surface area (Å²) in [5, 5.41) is 8.18. The van der Waals surface area contributed by atoms with Crippen molar-refractivity contribution in [3.05, 3.63) is 0 Å². The zero-order chi connectivity index (χ0) is 15.6. The van der Waals surface area contributed by atoms with E-state index >= 15 is 0 Å². The Labute approximate surface area is 131 Å². The van der Waals surface area contributed by atoms with Crippen LogP contribution in [0.3, 0.4) is 0 Å². The Morgan fingerprint density at radius 1 is 1.45 bits per heavy atom. The van der Waals surface area contributed by atoms with E-state index in [1.54, 1.807) is 0 Å². The van der Waals surface area contributed by atoms with Crippen molar-refractivity contribution >= 4 is 5.91 Å². The first kappa shape index (κ1) is 15.4. The van der Waals surface area contributed by atoms with Gasteiger partial charge in [-0.15, -0.1) is 12.3 Å². The van der Waals surface area contributed by atoms with Gasteiger partial charge in [0.2, 0.25) is 5.91 Å². The van der Waals surface area contributed by atoms with E-state index in [9.17, 15) is 4.79 Å². The maximum atomic E-state index is 12.5. The molecule has 3 heterocycles. The summed E-state index contributed by atoms with van der Waals surface area (Å²) >= 11 is 0. The van der Waals surface area contributed by atoms with Crippen LogP contribution >= 0.6 is 0 Å². The Morgan fingerprint density at radius 2 is 2.27 bits per heavy atom. The molecule has 120 valence electrons. The summed E-state index contributed by atoms with van der Waals surface area (Å²) in [7, 11) is 0. The molecule has 0 aliphatic carbocycles. The molecule has 0 bridgehead atoms. The van der Waals surface area contributed by atoms with E-state index in [2.05, 4.69) is 16.1 Å². The van der Waals surface area contributed by atoms with Gasteiger partial charge in [0.05, 0.1) is 19.3 Å². The lowest BCUT2D eigenvalue weighted by Gasteiger charge is -2.43. The molecule has 22 heavy (non-hydrogen) atoms. The summed E-state index contributed by atoms with van der Waals surface area (Å²) in [5.74, 6) is 2.76. The number of ether oxygens (including phenoxy) is 2. The van der Waals surface area contributed by atoms with Crippen molar-refractivity contribution in [2.24, 2.45) is 10.2 Å². The first-order chi connectivity index (χ1) is 10.6. The number of amides is 1. The molecule has 2 saturated heterocycles. The summed E-state index contributed by atoms with van der Waals surface area (Å²) in [6.45, 7) is 4.58. The van der Waals surface area contributed by atoms with Gasteiger partial charge in [-0.25, -0.2) is 0 Å². The smallest absolute Gasteiger partial charge is 0.222 e. The molecule has 6 nitrogen and oxygen atoms in total. The number of carbonyl (C=O) groups excluding carboxylic acids is 1. The van der Waals surface area contributed by atoms with Gasteiger partial charge in [-0.3, -0.25) is 4.79 Å². The second kappa shape index (κ2) is 5.98. The number of terminal acetylenes is 1. The molecule has 0 saturated carbocycles. The van der Waals surface area contributed by atoms with E-state index in [1.165, 1.54) is 0 Å². The summed E-state index contributed by atoms with van der Waals surface area (Å²) in [6.07, 6.45) is 8.70. The summed E-state index contributed by atoms with van der Waals surface area (Å²) in [4.78, 5) is 14.5. The molecule has 3 rings (SSSR count). The van der Waals surface area contributed by atoms with Gasteiger partial charge < -0.3 is 14.4 Å². The monoisotopic (exact) mass is 305 g/mol. The molecule has 2 unspecified atom stereocenters. The summed E-state index contributed by atoms with van der Waals surface area (Å²) in [5.41, 5.74) is -0.684. The molecule has 6 heteroatoms. The van der Waals surface area contributed by atoms with Crippen LogP contribution in [-0.4, -0.2) is 54.5 Å². The number of nitrogens with zero attached hydrogens (tertiary/aromatic N) is 3. The molecular formula is C16H23N3O3. The minimum absolute atomic E-state index is 0.0464. The second-order valence-electron chi connectivity index (χ2n) is 6.57. The average molecular weight is 305 g/mol. The third-order valence-electron chi connectivity index (χ3n) is 4.62. The topological polar surface area (TPSA) is 63.5 Å². The van der Waals surface area contributed by atoms with Gasteiger partial charge in [0, 0.05) is 45.3 Å². The van der Waals surface area contributed by atoms with E-state index in [-0.39, 0.29) is 23.3 Å². The summed E-state index contributed by atoms with van der Waals surface area (Å²) < 4.78 is 11.5. The van der Waals surface area contributed by atoms with Crippen LogP contribution in [0.15, 0.2) is 10.2 Å². The Kier molecular flexibility index (Phi) is 4.20. The van der Waals surface area contributed by atoms with Gasteiger partial charge in [-0.1, -0.05) is 0 Å². The van der Waals surface area contributed by atoms with Crippen LogP contribution < -0.4 is 0 Å². The third kappa shape index (κ3) is 3.31. The summed E-state index contributed by atoms with van der Waals surface area (Å²) in [6, 6.07) is 0. The normalized spacial score (nSPS) is 32.2. The molecule has 0 aromatic heterocycles. The van der Waals surface area contributed by atoms with Crippen molar-refractivity contribution < 1.29 is 14.3 Å². The molecule has 0 N–H and O–H groups in total. The van der Waals surface area contributed by atoms with Gasteiger partial charge in [-0.05, 0) is 6.92 Å². The van der Waals surface area contributed by atoms with Gasteiger partial charge in [0.15, 0.2) is 5.66 Å². The average Bonchev–Trinajstić information content (AvgIpc) is 3.15. The molecule has 0 radical (unpaired) electrons. The van der Waals surface area contributed by atoms with Crippen LogP contribution in [0.5, 0.6) is 0 Å². The standard InChI is InChI=1S/C16H23N3O3/c1-3-4-6-16(17-18-16)7-5-14(20)19-10-13(2)22-15(11-19)8-9-21-12-15/h1,13H,4-12H2,2H3. The molecule has 1 amide bonds. The van der Waals surface area contributed by atoms with Crippen LogP contribution in [0.4, 0.5) is 0 Å². The molecule has 0 aromatic rings. The van der Waals surface area contributed by atoms with E-state index in [0.29, 0.717) is 45.6 Å². The molecular weight excluding hydrogens is 282 g/mol. The van der Waals surface area contributed by atoms with Crippen LogP contribution in [0, 0.1) is 12.3 Å². The molecule has 3 aliphatic heterocycles. The fourth-order valence-corrected chi connectivity index (χ4v) is 3.35. The molecule has 2 fully saturated rings. The van der Waals surface area contributed by atoms with Crippen molar-refractivity contribution in [2.45, 2.75) is 56.4 Å². The Hall–Kier alpha value is -1.45. The van der Waals surface area contributed by atoms with E-state index in [1.807, 2.05) is 11.8 Å². The predicted molar refractivity (Wildman–Crippen MR) is 80.2 cm³/mol. The van der Waals surface area contributed by atoms with E-state index < -0.39 is 0 Å². The van der Waals surface area contributed by atoms with Crippen molar-refractivity contribution in [2.75, 3.05) is 26.3 Å². The minimum atomic E-state index is -0.381. The van der Waals surface area contributed by atoms with Crippen molar-refractivity contribution in [1.82, 2.24) is 4.90 Å². The molecule has 3 aliphatic rings. The zero-order valence-corrected chi connectivity index (χ0v) is 13.1. The highest BCUT2D eigenvalue weighted by Gasteiger charge is 2.45. The molecule has 2 atom stereocenters. The SMILES string of the molecule is C#CCCC1(CCC(=O)N2CC(C)OC3(CCOC3)C2)N=N1. The van der Waals surface area contributed by atoms with Gasteiger partial charge in [0.25, 0.3) is 0 Å². The zero-order valence-electron chi connectivity index (χ0n) is 13.1. The fourth-order valence-electron chi connectivity index (χ4n) is 3.35. The largest absolute Gasteiger partial charge is 0.378 e. The lowest BCUT2D eigenvalue weighted by molar-refractivity contribution is -0.166. The number of hydrogen-bond donors (Lipinski definition) is 0. The second-order valence-corrected chi connectivity index (χ2v) is 6.57. The maximum absolute atomic E-state index is 12.5. The highest BCUT2D eigenvalue weighted by molar-refractivity contribution is 5.76. The Bertz CT molecular complexity index is 499. The lowest BCUT2D eigenvalue weighted by atomic mass is 9.98. The van der Waals surface area contributed by atoms with Crippen LogP contribution in [-0.2, 0) is 14.3 Å². The fraction of sp³-hybridized carbons (Fsp3) is 0.812. The Morgan fingerprint density at radius 3 is 2.91 bits per heavy atom. The number of morpholine rings is 1. The van der Waals surface area contributed by atoms with Crippen LogP contribution in [0.1, 0.15) is 39.0 Å². The van der Waals surface area contributed by atoms with Crippen LogP contribution in [0.25, 0.3) is 0 Å². The number of hydrogen-bond acceptors (Lipinski definition) is 5. The van der Waals surface area contributed by atoms with Crippen LogP contribution in [0.2, 0.25) is 0 Å². The quantitative estimate of drug-likeness (QED) is 0.727. The minimum Gasteiger partial charge on any atom is -0.378 e. The van der Waals surface area contributed by atoms with Gasteiger partial charge in [0.1, 0.15) is 5.60 Å². The highest BCUT2D eigenvalue weighted by Crippen LogP contribution is 2.38. The maximum Gasteiger partial charge on any atom is 0.222 e. The van der Waals surface area contributed by atoms with E-state index in [4.69, 9.17) is 15.9 Å². The third-order valence-corrected chi connectivity index (χ3v) is 4.62. The number of carbonyl (C=O) groups is 1. The van der Waals surface area contributed by atoms with Crippen molar-refractivity contribution in [3.63, 3.8) is 0 Å². The first-order valence-electron chi connectivity index (χ1n) is 7.97. The molecule has 1 spiro atoms. The molecule has 0 aromatic carbocycles. The van der Waals surface area contributed by atoms with Crippen molar-refractivity contribution in [3.8, 4) is 12.3 Å². The van der Waals surface area contributed by atoms with E-state index in [0.717, 1.165) is 12.8 Å². The lowest BCUT2D eigenvalue weighted by Crippen LogP contribution is -2.57. The number of rotatable bonds is 5. The van der Waals surface area contributed by atoms with Gasteiger partial charge in [-0.2, -0.15) is 10.2 Å². The first-order valence-corrected chi connectivity index (χ1v) is 7.97.